The second-order valence-corrected chi connectivity index (χ2v) is 6.53. The van der Waals surface area contributed by atoms with E-state index in [1.165, 1.54) is 24.4 Å². The van der Waals surface area contributed by atoms with Crippen molar-refractivity contribution in [2.24, 2.45) is 0 Å². The van der Waals surface area contributed by atoms with Crippen LogP contribution in [-0.2, 0) is 0 Å². The largest absolute Gasteiger partial charge is 0.504 e. The molecule has 26 heavy (non-hydrogen) atoms. The molecular formula is C18H12N2O5S. The number of aryl methyl sites for hydroxylation is 1. The van der Waals surface area contributed by atoms with Gasteiger partial charge in [0.15, 0.2) is 23.0 Å². The Morgan fingerprint density at radius 1 is 1.15 bits per heavy atom. The average Bonchev–Trinajstić information content (AvgIpc) is 2.62. The van der Waals surface area contributed by atoms with Gasteiger partial charge in [0.25, 0.3) is 5.43 Å². The van der Waals surface area contributed by atoms with E-state index in [0.717, 1.165) is 11.3 Å². The van der Waals surface area contributed by atoms with E-state index in [-0.39, 0.29) is 27.0 Å². The number of nitriles is 1. The number of phenols is 4. The predicted octanol–water partition coefficient (Wildman–Crippen LogP) is 2.80. The van der Waals surface area contributed by atoms with Crippen molar-refractivity contribution in [2.75, 3.05) is 0 Å². The lowest BCUT2D eigenvalue weighted by molar-refractivity contribution is 0.401. The first-order chi connectivity index (χ1) is 12.3. The molecule has 0 saturated heterocycles. The van der Waals surface area contributed by atoms with Gasteiger partial charge in [0, 0.05) is 11.8 Å². The molecule has 0 unspecified atom stereocenters. The van der Waals surface area contributed by atoms with Crippen LogP contribution in [0.5, 0.6) is 23.0 Å². The minimum Gasteiger partial charge on any atom is -0.504 e. The molecule has 0 radical (unpaired) electrons. The van der Waals surface area contributed by atoms with Gasteiger partial charge in [0.05, 0.1) is 10.5 Å². The Kier molecular flexibility index (Phi) is 4.24. The number of phenolic OH excluding ortho intramolecular Hbond substituents is 4. The van der Waals surface area contributed by atoms with Crippen LogP contribution in [0.1, 0.15) is 16.1 Å². The van der Waals surface area contributed by atoms with Gasteiger partial charge in [0.1, 0.15) is 11.1 Å². The minimum absolute atomic E-state index is 0.140. The van der Waals surface area contributed by atoms with E-state index in [1.54, 1.807) is 13.0 Å². The van der Waals surface area contributed by atoms with Gasteiger partial charge in [-0.05, 0) is 42.3 Å². The third kappa shape index (κ3) is 2.92. The van der Waals surface area contributed by atoms with E-state index < -0.39 is 16.9 Å². The molecule has 130 valence electrons. The van der Waals surface area contributed by atoms with Crippen LogP contribution in [0.3, 0.4) is 0 Å². The Balaban J connectivity index is 2.17. The van der Waals surface area contributed by atoms with Crippen LogP contribution < -0.4 is 5.43 Å². The number of aromatic nitrogens is 1. The average molecular weight is 368 g/mol. The Bertz CT molecular complexity index is 1100. The fraction of sp³-hybridized carbons (Fsp3) is 0.0556. The third-order valence-electron chi connectivity index (χ3n) is 3.70. The Labute approximate surface area is 151 Å². The quantitative estimate of drug-likeness (QED) is 0.403. The van der Waals surface area contributed by atoms with E-state index in [9.17, 15) is 30.5 Å². The van der Waals surface area contributed by atoms with Crippen molar-refractivity contribution in [1.82, 2.24) is 4.98 Å². The smallest absolute Gasteiger partial charge is 0.263 e. The van der Waals surface area contributed by atoms with Gasteiger partial charge >= 0.3 is 0 Å². The number of fused-ring (bicyclic) bond motifs is 1. The number of hydrogen-bond acceptors (Lipinski definition) is 8. The molecule has 0 saturated carbocycles. The Morgan fingerprint density at radius 2 is 1.88 bits per heavy atom. The molecule has 2 aliphatic rings. The predicted molar refractivity (Wildman–Crippen MR) is 96.3 cm³/mol. The highest BCUT2D eigenvalue weighted by Gasteiger charge is 2.18. The van der Waals surface area contributed by atoms with Crippen LogP contribution in [0, 0.1) is 18.3 Å². The second-order valence-electron chi connectivity index (χ2n) is 5.53. The Hall–Kier alpha value is -3.57. The number of benzene rings is 2. The maximum absolute atomic E-state index is 11.7. The van der Waals surface area contributed by atoms with Crippen molar-refractivity contribution in [3.63, 3.8) is 0 Å². The summed E-state index contributed by atoms with van der Waals surface area (Å²) in [6.45, 7) is 1.61. The van der Waals surface area contributed by atoms with Gasteiger partial charge in [-0.2, -0.15) is 5.26 Å². The summed E-state index contributed by atoms with van der Waals surface area (Å²) in [7, 11) is 0. The van der Waals surface area contributed by atoms with Gasteiger partial charge in [0.2, 0.25) is 0 Å². The molecule has 7 nitrogen and oxygen atoms in total. The fourth-order valence-electron chi connectivity index (χ4n) is 2.40. The van der Waals surface area contributed by atoms with E-state index in [0.29, 0.717) is 16.7 Å². The molecule has 0 aromatic heterocycles. The summed E-state index contributed by atoms with van der Waals surface area (Å²) in [6, 6.07) is 6.07. The van der Waals surface area contributed by atoms with Crippen LogP contribution >= 0.6 is 11.3 Å². The molecule has 8 heteroatoms. The number of allylic oxidation sites excluding steroid dienone is 1. The van der Waals surface area contributed by atoms with Crippen molar-refractivity contribution in [1.29, 1.82) is 5.26 Å². The van der Waals surface area contributed by atoms with E-state index in [4.69, 9.17) is 0 Å². The summed E-state index contributed by atoms with van der Waals surface area (Å²) in [6.07, 6.45) is 2.80. The molecular weight excluding hydrogens is 356 g/mol. The van der Waals surface area contributed by atoms with Gasteiger partial charge in [-0.15, -0.1) is 11.3 Å². The van der Waals surface area contributed by atoms with Gasteiger partial charge in [-0.3, -0.25) is 4.79 Å². The molecule has 1 aromatic rings. The maximum atomic E-state index is 11.7. The third-order valence-corrected chi connectivity index (χ3v) is 4.85. The molecule has 0 fully saturated rings. The zero-order valence-corrected chi connectivity index (χ0v) is 14.2. The number of rotatable bonds is 2. The highest BCUT2D eigenvalue weighted by molar-refractivity contribution is 7.16. The molecule has 1 aliphatic heterocycles. The first-order valence-electron chi connectivity index (χ1n) is 7.31. The first-order valence-corrected chi connectivity index (χ1v) is 8.13. The van der Waals surface area contributed by atoms with Crippen LogP contribution in [0.25, 0.3) is 22.1 Å². The van der Waals surface area contributed by atoms with E-state index >= 15 is 0 Å². The summed E-state index contributed by atoms with van der Waals surface area (Å²) in [5, 5.41) is 48.5. The fourth-order valence-corrected chi connectivity index (χ4v) is 3.33. The van der Waals surface area contributed by atoms with E-state index in [2.05, 4.69) is 4.98 Å². The van der Waals surface area contributed by atoms with Crippen molar-refractivity contribution >= 4 is 23.0 Å². The summed E-state index contributed by atoms with van der Waals surface area (Å²) < 4.78 is 0. The summed E-state index contributed by atoms with van der Waals surface area (Å²) in [5.74, 6) is -1.74. The summed E-state index contributed by atoms with van der Waals surface area (Å²) in [5.41, 5.74) is 0.522. The second kappa shape index (κ2) is 6.38. The van der Waals surface area contributed by atoms with Crippen molar-refractivity contribution < 1.29 is 20.4 Å². The van der Waals surface area contributed by atoms with Crippen LogP contribution in [0.4, 0.5) is 0 Å². The molecule has 0 bridgehead atoms. The zero-order chi connectivity index (χ0) is 19.0. The molecule has 1 aromatic carbocycles. The summed E-state index contributed by atoms with van der Waals surface area (Å²) >= 11 is 0.925. The molecule has 0 atom stereocenters. The maximum Gasteiger partial charge on any atom is 0.263 e. The standard InChI is InChI=1S/C18H12N2O5S/c1-8-2-9(4-12(21)14(8)23)3-10(6-19)18-20-7-11-5-13(22)15(24)16(25)17(11)26-18/h2-5,7,21-23,25H,1H3. The highest BCUT2D eigenvalue weighted by Crippen LogP contribution is 2.37. The van der Waals surface area contributed by atoms with Gasteiger partial charge < -0.3 is 20.4 Å². The molecule has 1 heterocycles. The lowest BCUT2D eigenvalue weighted by atomic mass is 10.1. The van der Waals surface area contributed by atoms with Crippen LogP contribution in [0.2, 0.25) is 0 Å². The van der Waals surface area contributed by atoms with Crippen LogP contribution in [-0.4, -0.2) is 25.4 Å². The molecule has 0 amide bonds. The zero-order valence-electron chi connectivity index (χ0n) is 13.4. The number of aromatic hydroxyl groups is 4. The van der Waals surface area contributed by atoms with Crippen molar-refractivity contribution in [2.45, 2.75) is 6.92 Å². The topological polar surface area (TPSA) is 135 Å². The lowest BCUT2D eigenvalue weighted by Crippen LogP contribution is -2.02. The van der Waals surface area contributed by atoms with Crippen molar-refractivity contribution in [3.8, 4) is 39.5 Å². The van der Waals surface area contributed by atoms with Gasteiger partial charge in [-0.25, -0.2) is 4.98 Å². The van der Waals surface area contributed by atoms with Crippen molar-refractivity contribution in [3.05, 3.63) is 50.8 Å². The molecule has 0 spiro atoms. The molecule has 4 N–H and O–H groups in total. The van der Waals surface area contributed by atoms with Gasteiger partial charge in [-0.1, -0.05) is 0 Å². The minimum atomic E-state index is -0.896. The lowest BCUT2D eigenvalue weighted by Gasteiger charge is -2.08. The number of hydrogen-bond donors (Lipinski definition) is 4. The molecule has 3 rings (SSSR count). The van der Waals surface area contributed by atoms with E-state index in [1.807, 2.05) is 6.07 Å². The molecule has 1 aliphatic carbocycles. The Morgan fingerprint density at radius 3 is 2.54 bits per heavy atom. The van der Waals surface area contributed by atoms with Crippen LogP contribution in [0.15, 0.2) is 29.2 Å². The first kappa shape index (κ1) is 17.3. The SMILES string of the molecule is Cc1cc(C=C(C#N)c2ncc3cc(O)c(=O)c(O)c-3s2)cc(O)c1O. The summed E-state index contributed by atoms with van der Waals surface area (Å²) in [4.78, 5) is 16.0. The highest BCUT2D eigenvalue weighted by atomic mass is 32.1. The number of nitrogens with zero attached hydrogens (tertiary/aromatic N) is 2. The normalized spacial score (nSPS) is 11.5. The monoisotopic (exact) mass is 368 g/mol.